The lowest BCUT2D eigenvalue weighted by molar-refractivity contribution is -0.137. The second kappa shape index (κ2) is 17.7. The smallest absolute Gasteiger partial charge is 0.307 e. The number of halogens is 6. The van der Waals surface area contributed by atoms with Crippen molar-refractivity contribution < 1.29 is 26.3 Å². The number of hydrogen-bond acceptors (Lipinski definition) is 0. The molecule has 0 atom stereocenters. The lowest BCUT2D eigenvalue weighted by Crippen LogP contribution is -2.13. The Morgan fingerprint density at radius 1 is 0.378 bits per heavy atom. The molecule has 0 amide bonds. The Morgan fingerprint density at radius 3 is 1.24 bits per heavy atom. The molecule has 0 radical (unpaired) electrons. The van der Waals surface area contributed by atoms with Gasteiger partial charge in [0.1, 0.15) is 0 Å². The highest BCUT2D eigenvalue weighted by Crippen LogP contribution is 2.46. The number of rotatable bonds is 5. The minimum Gasteiger partial charge on any atom is -0.307 e. The molecule has 12 rings (SSSR count). The largest absolute Gasteiger partial charge is 0.417 e. The summed E-state index contributed by atoms with van der Waals surface area (Å²) in [6.07, 6.45) is 4.19. The van der Waals surface area contributed by atoms with Gasteiger partial charge in [-0.15, -0.1) is 0 Å². The topological polar surface area (TPSA) is 9.86 Å². The maximum atomic E-state index is 16.2. The SMILES string of the molecule is CC1=CCC(=c2ccc3c4ccc(=C5C=CC(C)=CC5)cc4n(-c4cc(C(F)(F)F)c(-c5cccc(C(F)(F)F)c5)cc4-n4c5cc(-c6ccc(C)cc6)ccc5c5ccc(-c6ccc(C)cc6)cc54)c3c2)C=C1. The van der Waals surface area contributed by atoms with Crippen LogP contribution in [0, 0.1) is 13.8 Å². The van der Waals surface area contributed by atoms with E-state index in [1.807, 2.05) is 61.1 Å². The Labute approximate surface area is 424 Å². The van der Waals surface area contributed by atoms with Crippen LogP contribution in [0.25, 0.3) is 99.5 Å². The predicted molar refractivity (Wildman–Crippen MR) is 292 cm³/mol. The molecule has 0 spiro atoms. The van der Waals surface area contributed by atoms with E-state index in [9.17, 15) is 13.2 Å². The van der Waals surface area contributed by atoms with Crippen LogP contribution in [0.4, 0.5) is 26.3 Å². The fourth-order valence-corrected chi connectivity index (χ4v) is 10.8. The summed E-state index contributed by atoms with van der Waals surface area (Å²) in [6.45, 7) is 8.15. The molecule has 8 heteroatoms. The molecule has 0 saturated heterocycles. The zero-order chi connectivity index (χ0) is 51.2. The number of benzene rings is 8. The molecule has 2 aromatic heterocycles. The van der Waals surface area contributed by atoms with E-state index in [1.54, 1.807) is 0 Å². The Morgan fingerprint density at radius 2 is 0.811 bits per heavy atom. The fraction of sp³-hybridized carbons (Fsp3) is 0.121. The zero-order valence-electron chi connectivity index (χ0n) is 41.1. The van der Waals surface area contributed by atoms with Crippen molar-refractivity contribution in [2.24, 2.45) is 0 Å². The quantitative estimate of drug-likeness (QED) is 0.152. The van der Waals surface area contributed by atoms with Crippen molar-refractivity contribution in [2.75, 3.05) is 0 Å². The molecule has 0 aliphatic heterocycles. The van der Waals surface area contributed by atoms with E-state index in [-0.39, 0.29) is 16.8 Å². The minimum absolute atomic E-state index is 0.208. The number of alkyl halides is 6. The lowest BCUT2D eigenvalue weighted by Gasteiger charge is -2.23. The maximum absolute atomic E-state index is 16.2. The van der Waals surface area contributed by atoms with Crippen molar-refractivity contribution in [3.05, 3.63) is 238 Å². The van der Waals surface area contributed by atoms with Gasteiger partial charge < -0.3 is 9.13 Å². The first-order chi connectivity index (χ1) is 35.6. The van der Waals surface area contributed by atoms with E-state index in [0.29, 0.717) is 40.6 Å². The lowest BCUT2D eigenvalue weighted by atomic mass is 9.95. The van der Waals surface area contributed by atoms with Gasteiger partial charge in [-0.05, 0) is 144 Å². The van der Waals surface area contributed by atoms with Crippen LogP contribution in [-0.2, 0) is 12.4 Å². The number of aryl methyl sites for hydroxylation is 2. The van der Waals surface area contributed by atoms with Crippen LogP contribution in [0.3, 0.4) is 0 Å². The molecule has 2 aliphatic carbocycles. The van der Waals surface area contributed by atoms with Gasteiger partial charge in [0.25, 0.3) is 0 Å². The van der Waals surface area contributed by atoms with Crippen molar-refractivity contribution in [1.29, 1.82) is 0 Å². The molecule has 0 fully saturated rings. The number of hydrogen-bond donors (Lipinski definition) is 0. The summed E-state index contributed by atoms with van der Waals surface area (Å²) in [6, 6.07) is 48.0. The summed E-state index contributed by atoms with van der Waals surface area (Å²) >= 11 is 0. The summed E-state index contributed by atoms with van der Waals surface area (Å²) in [5, 5.41) is 5.25. The third-order valence-corrected chi connectivity index (χ3v) is 14.8. The molecule has 0 saturated carbocycles. The molecule has 74 heavy (non-hydrogen) atoms. The van der Waals surface area contributed by atoms with Crippen molar-refractivity contribution in [2.45, 2.75) is 52.9 Å². The van der Waals surface area contributed by atoms with Gasteiger partial charge in [0.15, 0.2) is 0 Å². The Bertz CT molecular complexity index is 4020. The van der Waals surface area contributed by atoms with Gasteiger partial charge in [-0.2, -0.15) is 26.3 Å². The van der Waals surface area contributed by atoms with Crippen molar-refractivity contribution in [3.8, 4) is 44.8 Å². The molecular formula is C66H48F6N2. The van der Waals surface area contributed by atoms with Gasteiger partial charge in [-0.25, -0.2) is 0 Å². The van der Waals surface area contributed by atoms with Gasteiger partial charge in [-0.1, -0.05) is 168 Å². The predicted octanol–water partition coefficient (Wildman–Crippen LogP) is 17.7. The number of nitrogens with zero attached hydrogens (tertiary/aromatic N) is 2. The second-order valence-corrected chi connectivity index (χ2v) is 19.8. The van der Waals surface area contributed by atoms with Crippen LogP contribution in [0.5, 0.6) is 0 Å². The maximum Gasteiger partial charge on any atom is 0.417 e. The third-order valence-electron chi connectivity index (χ3n) is 14.8. The Kier molecular flexibility index (Phi) is 11.2. The Balaban J connectivity index is 1.28. The molecule has 0 unspecified atom stereocenters. The third kappa shape index (κ3) is 8.28. The van der Waals surface area contributed by atoms with Gasteiger partial charge in [0.2, 0.25) is 0 Å². The van der Waals surface area contributed by atoms with Gasteiger partial charge in [0, 0.05) is 21.5 Å². The van der Waals surface area contributed by atoms with Crippen LogP contribution in [0.2, 0.25) is 0 Å². The highest BCUT2D eigenvalue weighted by atomic mass is 19.4. The normalized spacial score (nSPS) is 15.7. The number of fused-ring (bicyclic) bond motifs is 6. The van der Waals surface area contributed by atoms with Crippen LogP contribution in [0.1, 0.15) is 48.9 Å². The molecule has 364 valence electrons. The van der Waals surface area contributed by atoms with Crippen LogP contribution in [-0.4, -0.2) is 9.13 Å². The fourth-order valence-electron chi connectivity index (χ4n) is 10.8. The number of allylic oxidation sites excluding steroid dienone is 8. The molecule has 8 aromatic carbocycles. The van der Waals surface area contributed by atoms with Crippen molar-refractivity contribution in [3.63, 3.8) is 0 Å². The molecule has 0 N–H and O–H groups in total. The summed E-state index contributed by atoms with van der Waals surface area (Å²) in [5.74, 6) is 0. The molecule has 10 aromatic rings. The first-order valence-corrected chi connectivity index (χ1v) is 24.7. The summed E-state index contributed by atoms with van der Waals surface area (Å²) in [4.78, 5) is 0. The summed E-state index contributed by atoms with van der Waals surface area (Å²) in [7, 11) is 0. The van der Waals surface area contributed by atoms with Gasteiger partial charge in [0.05, 0.1) is 44.6 Å². The number of aromatic nitrogens is 2. The molecule has 2 aliphatic rings. The van der Waals surface area contributed by atoms with E-state index in [2.05, 4.69) is 134 Å². The molecule has 2 nitrogen and oxygen atoms in total. The minimum atomic E-state index is -5.00. The van der Waals surface area contributed by atoms with E-state index < -0.39 is 23.5 Å². The van der Waals surface area contributed by atoms with Crippen molar-refractivity contribution in [1.82, 2.24) is 9.13 Å². The first kappa shape index (κ1) is 46.7. The van der Waals surface area contributed by atoms with E-state index in [1.165, 1.54) is 18.2 Å². The van der Waals surface area contributed by atoms with E-state index >= 15 is 13.2 Å². The van der Waals surface area contributed by atoms with Crippen molar-refractivity contribution >= 4 is 54.8 Å². The van der Waals surface area contributed by atoms with Gasteiger partial charge in [-0.3, -0.25) is 0 Å². The summed E-state index contributed by atoms with van der Waals surface area (Å²) in [5.41, 5.74) is 11.0. The van der Waals surface area contributed by atoms with E-state index in [0.717, 1.165) is 106 Å². The van der Waals surface area contributed by atoms with E-state index in [4.69, 9.17) is 0 Å². The molecule has 2 heterocycles. The van der Waals surface area contributed by atoms with Crippen LogP contribution < -0.4 is 10.4 Å². The van der Waals surface area contributed by atoms with Gasteiger partial charge >= 0.3 is 12.4 Å². The standard InChI is InChI=1S/C66H48F6N2/c1-39-8-16-43(17-9-39)47-24-28-53-54-29-25-48(44-18-10-40(2)11-19-44)34-60(54)73(59(53)33-47)63-37-57(51-6-5-7-52(32-51)65(67,68)69)58(66(70,71)72)38-64(63)74-61-35-49(45-20-12-41(3)13-21-45)26-30-55(61)56-31-27-50(36-62(56)74)46-22-14-42(4)15-23-46/h5-20,22,24-38H,21,23H2,1-4H3. The first-order valence-electron chi connectivity index (χ1n) is 24.7. The zero-order valence-corrected chi connectivity index (χ0v) is 41.1. The average molecular weight is 983 g/mol. The highest BCUT2D eigenvalue weighted by molar-refractivity contribution is 6.13. The average Bonchev–Trinajstić information content (AvgIpc) is 3.91. The summed E-state index contributed by atoms with van der Waals surface area (Å²) < 4.78 is 96.3. The monoisotopic (exact) mass is 982 g/mol. The van der Waals surface area contributed by atoms with Crippen LogP contribution in [0.15, 0.2) is 205 Å². The molecule has 0 bridgehead atoms. The molecular weight excluding hydrogens is 935 g/mol. The Hall–Kier alpha value is -8.36. The second-order valence-electron chi connectivity index (χ2n) is 19.8. The highest BCUT2D eigenvalue weighted by Gasteiger charge is 2.37. The van der Waals surface area contributed by atoms with Crippen LogP contribution >= 0.6 is 0 Å².